The molecular weight excluding hydrogens is 326 g/mol. The molecule has 130 valence electrons. The Morgan fingerprint density at radius 3 is 2.72 bits per heavy atom. The number of nitrogens with zero attached hydrogens (tertiary/aromatic N) is 3. The molecule has 3 heterocycles. The lowest BCUT2D eigenvalue weighted by Crippen LogP contribution is -2.27. The van der Waals surface area contributed by atoms with Crippen molar-refractivity contribution in [1.82, 2.24) is 19.9 Å². The number of amides is 1. The molecule has 3 aromatic rings. The number of carbonyl (C=O) groups is 1. The number of halogens is 2. The van der Waals surface area contributed by atoms with Crippen molar-refractivity contribution in [2.75, 3.05) is 0 Å². The molecule has 0 fully saturated rings. The normalized spacial score (nSPS) is 12.5. The lowest BCUT2D eigenvalue weighted by Gasteiger charge is -2.15. The van der Waals surface area contributed by atoms with E-state index in [2.05, 4.69) is 15.3 Å². The van der Waals surface area contributed by atoms with E-state index in [1.54, 1.807) is 30.7 Å². The van der Waals surface area contributed by atoms with Gasteiger partial charge in [0.15, 0.2) is 0 Å². The van der Waals surface area contributed by atoms with Gasteiger partial charge < -0.3 is 9.88 Å². The third-order valence-corrected chi connectivity index (χ3v) is 4.06. The van der Waals surface area contributed by atoms with E-state index in [1.165, 1.54) is 10.6 Å². The van der Waals surface area contributed by atoms with E-state index in [0.717, 1.165) is 5.56 Å². The first kappa shape index (κ1) is 17.0. The highest BCUT2D eigenvalue weighted by Crippen LogP contribution is 2.26. The van der Waals surface area contributed by atoms with Crippen LogP contribution in [0.15, 0.2) is 48.9 Å². The standard InChI is InChI=1S/C18H18F2N4O/c1-12(13-4-8-21-9-5-13)23-16(25)6-10-24-15(17(19)20)11-14-3-2-7-22-18(14)24/h2-5,7-9,11-12,17H,6,10H2,1H3,(H,23,25)/t12-/m0/s1. The Morgan fingerprint density at radius 2 is 2.00 bits per heavy atom. The molecular formula is C18H18F2N4O. The highest BCUT2D eigenvalue weighted by atomic mass is 19.3. The van der Waals surface area contributed by atoms with Crippen molar-refractivity contribution in [3.63, 3.8) is 0 Å². The molecule has 1 amide bonds. The fourth-order valence-electron chi connectivity index (χ4n) is 2.79. The van der Waals surface area contributed by atoms with E-state index in [1.807, 2.05) is 19.1 Å². The summed E-state index contributed by atoms with van der Waals surface area (Å²) in [5, 5.41) is 3.51. The SMILES string of the molecule is C[C@H](NC(=O)CCn1c(C(F)F)cc2cccnc21)c1ccncc1. The van der Waals surface area contributed by atoms with E-state index in [4.69, 9.17) is 0 Å². The molecule has 5 nitrogen and oxygen atoms in total. The molecule has 3 rings (SSSR count). The van der Waals surface area contributed by atoms with Gasteiger partial charge in [-0.05, 0) is 42.8 Å². The highest BCUT2D eigenvalue weighted by Gasteiger charge is 2.18. The van der Waals surface area contributed by atoms with Gasteiger partial charge in [-0.3, -0.25) is 9.78 Å². The molecule has 3 aromatic heterocycles. The number of aryl methyl sites for hydroxylation is 1. The van der Waals surface area contributed by atoms with Gasteiger partial charge in [-0.25, -0.2) is 13.8 Å². The van der Waals surface area contributed by atoms with Crippen LogP contribution in [0, 0.1) is 0 Å². The van der Waals surface area contributed by atoms with Crippen molar-refractivity contribution in [2.24, 2.45) is 0 Å². The van der Waals surface area contributed by atoms with Crippen LogP contribution in [0.5, 0.6) is 0 Å². The van der Waals surface area contributed by atoms with Crippen LogP contribution in [0.1, 0.15) is 37.1 Å². The number of hydrogen-bond acceptors (Lipinski definition) is 3. The summed E-state index contributed by atoms with van der Waals surface area (Å²) in [4.78, 5) is 20.3. The number of rotatable bonds is 6. The van der Waals surface area contributed by atoms with E-state index in [9.17, 15) is 13.6 Å². The Balaban J connectivity index is 1.70. The second-order valence-corrected chi connectivity index (χ2v) is 5.76. The van der Waals surface area contributed by atoms with Gasteiger partial charge in [-0.15, -0.1) is 0 Å². The first-order valence-corrected chi connectivity index (χ1v) is 7.98. The van der Waals surface area contributed by atoms with Gasteiger partial charge in [0, 0.05) is 36.9 Å². The molecule has 25 heavy (non-hydrogen) atoms. The van der Waals surface area contributed by atoms with Crippen molar-refractivity contribution in [1.29, 1.82) is 0 Å². The van der Waals surface area contributed by atoms with Crippen molar-refractivity contribution in [3.8, 4) is 0 Å². The summed E-state index contributed by atoms with van der Waals surface area (Å²) < 4.78 is 27.9. The van der Waals surface area contributed by atoms with E-state index < -0.39 is 6.43 Å². The zero-order chi connectivity index (χ0) is 17.8. The minimum Gasteiger partial charge on any atom is -0.350 e. The summed E-state index contributed by atoms with van der Waals surface area (Å²) in [5.74, 6) is -0.206. The maximum Gasteiger partial charge on any atom is 0.278 e. The third kappa shape index (κ3) is 3.81. The summed E-state index contributed by atoms with van der Waals surface area (Å²) >= 11 is 0. The van der Waals surface area contributed by atoms with Crippen LogP contribution >= 0.6 is 0 Å². The monoisotopic (exact) mass is 344 g/mol. The number of aromatic nitrogens is 3. The van der Waals surface area contributed by atoms with Crippen LogP contribution in [-0.2, 0) is 11.3 Å². The average Bonchev–Trinajstić information content (AvgIpc) is 2.99. The molecule has 0 saturated carbocycles. The quantitative estimate of drug-likeness (QED) is 0.743. The Morgan fingerprint density at radius 1 is 1.24 bits per heavy atom. The van der Waals surface area contributed by atoms with Gasteiger partial charge >= 0.3 is 0 Å². The Labute approximate surface area is 143 Å². The summed E-state index contributed by atoms with van der Waals surface area (Å²) in [6.07, 6.45) is 2.34. The third-order valence-electron chi connectivity index (χ3n) is 4.06. The van der Waals surface area contributed by atoms with E-state index in [-0.39, 0.29) is 30.6 Å². The van der Waals surface area contributed by atoms with Crippen LogP contribution in [0.2, 0.25) is 0 Å². The average molecular weight is 344 g/mol. The summed E-state index contributed by atoms with van der Waals surface area (Å²) in [6.45, 7) is 2.01. The fourth-order valence-corrected chi connectivity index (χ4v) is 2.79. The summed E-state index contributed by atoms with van der Waals surface area (Å²) in [7, 11) is 0. The van der Waals surface area contributed by atoms with Crippen molar-refractivity contribution in [3.05, 3.63) is 60.2 Å². The van der Waals surface area contributed by atoms with Crippen LogP contribution in [-0.4, -0.2) is 20.4 Å². The molecule has 0 spiro atoms. The van der Waals surface area contributed by atoms with Gasteiger partial charge in [0.05, 0.1) is 11.7 Å². The van der Waals surface area contributed by atoms with Gasteiger partial charge in [-0.2, -0.15) is 0 Å². The minimum absolute atomic E-state index is 0.0928. The lowest BCUT2D eigenvalue weighted by molar-refractivity contribution is -0.122. The van der Waals surface area contributed by atoms with Crippen molar-refractivity contribution >= 4 is 16.9 Å². The number of pyridine rings is 2. The van der Waals surface area contributed by atoms with Crippen molar-refractivity contribution in [2.45, 2.75) is 32.4 Å². The number of alkyl halides is 2. The smallest absolute Gasteiger partial charge is 0.278 e. The molecule has 0 saturated heterocycles. The molecule has 0 aliphatic heterocycles. The number of carbonyl (C=O) groups excluding carboxylic acids is 1. The second kappa shape index (κ2) is 7.38. The topological polar surface area (TPSA) is 59.8 Å². The number of nitrogens with one attached hydrogen (secondary N) is 1. The number of hydrogen-bond donors (Lipinski definition) is 1. The molecule has 1 atom stereocenters. The molecule has 0 aromatic carbocycles. The van der Waals surface area contributed by atoms with Gasteiger partial charge in [0.25, 0.3) is 6.43 Å². The van der Waals surface area contributed by atoms with Crippen LogP contribution in [0.25, 0.3) is 11.0 Å². The van der Waals surface area contributed by atoms with Gasteiger partial charge in [-0.1, -0.05) is 0 Å². The zero-order valence-electron chi connectivity index (χ0n) is 13.7. The lowest BCUT2D eigenvalue weighted by atomic mass is 10.1. The largest absolute Gasteiger partial charge is 0.350 e. The molecule has 0 aliphatic carbocycles. The van der Waals surface area contributed by atoms with Crippen LogP contribution in [0.4, 0.5) is 8.78 Å². The molecule has 0 bridgehead atoms. The van der Waals surface area contributed by atoms with Crippen LogP contribution < -0.4 is 5.32 Å². The zero-order valence-corrected chi connectivity index (χ0v) is 13.7. The Hall–Kier alpha value is -2.83. The minimum atomic E-state index is -2.62. The molecule has 1 N–H and O–H groups in total. The predicted molar refractivity (Wildman–Crippen MR) is 90.1 cm³/mol. The Bertz CT molecular complexity index is 864. The first-order valence-electron chi connectivity index (χ1n) is 7.98. The molecule has 0 aliphatic rings. The predicted octanol–water partition coefficient (Wildman–Crippen LogP) is 3.64. The van der Waals surface area contributed by atoms with E-state index in [0.29, 0.717) is 11.0 Å². The Kier molecular flexibility index (Phi) is 5.02. The van der Waals surface area contributed by atoms with Crippen molar-refractivity contribution < 1.29 is 13.6 Å². The van der Waals surface area contributed by atoms with Gasteiger partial charge in [0.1, 0.15) is 5.65 Å². The molecule has 0 radical (unpaired) electrons. The van der Waals surface area contributed by atoms with Gasteiger partial charge in [0.2, 0.25) is 5.91 Å². The molecule has 0 unspecified atom stereocenters. The van der Waals surface area contributed by atoms with E-state index >= 15 is 0 Å². The second-order valence-electron chi connectivity index (χ2n) is 5.76. The first-order chi connectivity index (χ1) is 12.1. The molecule has 7 heteroatoms. The maximum absolute atomic E-state index is 13.3. The fraction of sp³-hybridized carbons (Fsp3) is 0.278. The highest BCUT2D eigenvalue weighted by molar-refractivity contribution is 5.79. The summed E-state index contributed by atoms with van der Waals surface area (Å²) in [6, 6.07) is 8.32. The van der Waals surface area contributed by atoms with Crippen LogP contribution in [0.3, 0.4) is 0 Å². The number of fused-ring (bicyclic) bond motifs is 1. The maximum atomic E-state index is 13.3. The summed E-state index contributed by atoms with van der Waals surface area (Å²) in [5.41, 5.74) is 1.28.